The lowest BCUT2D eigenvalue weighted by molar-refractivity contribution is -0.119. The molecule has 23 heavy (non-hydrogen) atoms. The predicted octanol–water partition coefficient (Wildman–Crippen LogP) is 1.16. The van der Waals surface area contributed by atoms with Crippen LogP contribution in [0.25, 0.3) is 6.08 Å². The maximum atomic E-state index is 12.4. The van der Waals surface area contributed by atoms with Crippen LogP contribution in [-0.4, -0.2) is 45.1 Å². The quantitative estimate of drug-likeness (QED) is 0.895. The van der Waals surface area contributed by atoms with Crippen LogP contribution in [0.2, 0.25) is 0 Å². The van der Waals surface area contributed by atoms with E-state index < -0.39 is 15.4 Å². The van der Waals surface area contributed by atoms with Crippen LogP contribution in [0.4, 0.5) is 0 Å². The molecule has 0 aromatic heterocycles. The lowest BCUT2D eigenvalue weighted by atomic mass is 10.0. The Kier molecular flexibility index (Phi) is 3.83. The summed E-state index contributed by atoms with van der Waals surface area (Å²) in [6.07, 6.45) is 2.18. The largest absolute Gasteiger partial charge is 0.493 e. The number of methoxy groups -OCH3 is 1. The second-order valence-corrected chi connectivity index (χ2v) is 8.38. The van der Waals surface area contributed by atoms with Crippen molar-refractivity contribution in [2.45, 2.75) is 18.9 Å². The van der Waals surface area contributed by atoms with Gasteiger partial charge in [-0.15, -0.1) is 0 Å². The van der Waals surface area contributed by atoms with E-state index in [2.05, 4.69) is 5.32 Å². The first-order valence-corrected chi connectivity index (χ1v) is 9.17. The number of hydrogen-bond acceptors (Lipinski definition) is 5. The fraction of sp³-hybridized carbons (Fsp3) is 0.438. The van der Waals surface area contributed by atoms with Gasteiger partial charge in [0.05, 0.1) is 29.7 Å². The number of carbonyl (C=O) groups excluding carboxylic acids is 1. The number of para-hydroxylation sites is 1. The summed E-state index contributed by atoms with van der Waals surface area (Å²) in [6.45, 7) is 1.89. The van der Waals surface area contributed by atoms with Gasteiger partial charge in [0.2, 0.25) is 0 Å². The number of rotatable bonds is 3. The number of carbonyl (C=O) groups is 1. The van der Waals surface area contributed by atoms with Gasteiger partial charge in [-0.1, -0.05) is 12.1 Å². The molecule has 1 aromatic rings. The van der Waals surface area contributed by atoms with Crippen molar-refractivity contribution in [2.75, 3.05) is 25.2 Å². The molecule has 0 radical (unpaired) electrons. The topological polar surface area (TPSA) is 81.7 Å². The van der Waals surface area contributed by atoms with Gasteiger partial charge in [0, 0.05) is 5.56 Å². The van der Waals surface area contributed by atoms with Gasteiger partial charge in [-0.2, -0.15) is 0 Å². The van der Waals surface area contributed by atoms with E-state index in [-0.39, 0.29) is 24.0 Å². The second kappa shape index (κ2) is 5.56. The lowest BCUT2D eigenvalue weighted by Crippen LogP contribution is -2.48. The molecule has 1 N–H and O–H groups in total. The van der Waals surface area contributed by atoms with Gasteiger partial charge in [0.25, 0.3) is 5.91 Å². The summed E-state index contributed by atoms with van der Waals surface area (Å²) in [5.74, 6) is 1.02. The Bertz CT molecular complexity index is 784. The summed E-state index contributed by atoms with van der Waals surface area (Å²) in [4.78, 5) is 12.4. The summed E-state index contributed by atoms with van der Waals surface area (Å²) in [6, 6.07) is 5.46. The van der Waals surface area contributed by atoms with E-state index in [4.69, 9.17) is 9.47 Å². The Labute approximate surface area is 135 Å². The fourth-order valence-corrected chi connectivity index (χ4v) is 5.03. The van der Waals surface area contributed by atoms with Crippen LogP contribution in [0.5, 0.6) is 11.5 Å². The summed E-state index contributed by atoms with van der Waals surface area (Å²) in [5, 5.41) is 2.84. The molecule has 0 bridgehead atoms. The molecule has 0 saturated carbocycles. The zero-order valence-electron chi connectivity index (χ0n) is 13.1. The van der Waals surface area contributed by atoms with Gasteiger partial charge in [-0.3, -0.25) is 4.79 Å². The van der Waals surface area contributed by atoms with Crippen molar-refractivity contribution < 1.29 is 22.7 Å². The summed E-state index contributed by atoms with van der Waals surface area (Å²) in [7, 11) is -1.51. The highest BCUT2D eigenvalue weighted by Crippen LogP contribution is 2.35. The number of nitrogens with one attached hydrogen (secondary N) is 1. The molecule has 2 aliphatic rings. The van der Waals surface area contributed by atoms with Gasteiger partial charge in [0.1, 0.15) is 6.61 Å². The van der Waals surface area contributed by atoms with Crippen LogP contribution in [0.3, 0.4) is 0 Å². The molecule has 0 aliphatic carbocycles. The second-order valence-electron chi connectivity index (χ2n) is 6.19. The van der Waals surface area contributed by atoms with Crippen molar-refractivity contribution in [1.29, 1.82) is 0 Å². The fourth-order valence-electron chi connectivity index (χ4n) is 2.94. The zero-order chi connectivity index (χ0) is 16.7. The minimum absolute atomic E-state index is 0.0235. The number of hydrogen-bond donors (Lipinski definition) is 1. The van der Waals surface area contributed by atoms with E-state index in [1.807, 2.05) is 12.1 Å². The van der Waals surface area contributed by atoms with Gasteiger partial charge in [0.15, 0.2) is 21.3 Å². The summed E-state index contributed by atoms with van der Waals surface area (Å²) >= 11 is 0. The summed E-state index contributed by atoms with van der Waals surface area (Å²) < 4.78 is 34.1. The standard InChI is InChI=1S/C16H19NO5S/c1-16(6-7-23(19,20)10-16)17-15(18)12-8-11-4-3-5-13(21-2)14(11)22-9-12/h3-5,8H,6-7,9-10H2,1-2H3,(H,17,18). The van der Waals surface area contributed by atoms with Crippen molar-refractivity contribution in [3.05, 3.63) is 29.3 Å². The van der Waals surface area contributed by atoms with Crippen LogP contribution in [0.1, 0.15) is 18.9 Å². The Hall–Kier alpha value is -2.02. The minimum Gasteiger partial charge on any atom is -0.493 e. The zero-order valence-corrected chi connectivity index (χ0v) is 13.9. The van der Waals surface area contributed by atoms with Crippen molar-refractivity contribution in [2.24, 2.45) is 0 Å². The number of fused-ring (bicyclic) bond motifs is 1. The maximum Gasteiger partial charge on any atom is 0.251 e. The third-order valence-corrected chi connectivity index (χ3v) is 6.04. The maximum absolute atomic E-state index is 12.4. The van der Waals surface area contributed by atoms with E-state index >= 15 is 0 Å². The highest BCUT2D eigenvalue weighted by molar-refractivity contribution is 7.91. The Morgan fingerprint density at radius 1 is 1.39 bits per heavy atom. The van der Waals surface area contributed by atoms with E-state index in [9.17, 15) is 13.2 Å². The Morgan fingerprint density at radius 3 is 2.83 bits per heavy atom. The third-order valence-electron chi connectivity index (χ3n) is 4.14. The van der Waals surface area contributed by atoms with E-state index in [0.717, 1.165) is 5.56 Å². The van der Waals surface area contributed by atoms with Crippen molar-refractivity contribution in [3.63, 3.8) is 0 Å². The predicted molar refractivity (Wildman–Crippen MR) is 86.3 cm³/mol. The molecule has 1 unspecified atom stereocenters. The first-order chi connectivity index (χ1) is 10.8. The van der Waals surface area contributed by atoms with Crippen LogP contribution >= 0.6 is 0 Å². The van der Waals surface area contributed by atoms with Gasteiger partial charge in [-0.25, -0.2) is 8.42 Å². The van der Waals surface area contributed by atoms with E-state index in [1.165, 1.54) is 0 Å². The third kappa shape index (κ3) is 3.19. The Balaban J connectivity index is 1.80. The van der Waals surface area contributed by atoms with Crippen LogP contribution < -0.4 is 14.8 Å². The van der Waals surface area contributed by atoms with E-state index in [0.29, 0.717) is 23.5 Å². The molecule has 124 valence electrons. The van der Waals surface area contributed by atoms with Crippen molar-refractivity contribution >= 4 is 21.8 Å². The Morgan fingerprint density at radius 2 is 2.17 bits per heavy atom. The first-order valence-electron chi connectivity index (χ1n) is 7.35. The summed E-state index contributed by atoms with van der Waals surface area (Å²) in [5.41, 5.74) is 0.520. The minimum atomic E-state index is -3.07. The lowest BCUT2D eigenvalue weighted by Gasteiger charge is -2.26. The molecule has 6 nitrogen and oxygen atoms in total. The molecule has 1 aromatic carbocycles. The van der Waals surface area contributed by atoms with Crippen LogP contribution in [0.15, 0.2) is 23.8 Å². The van der Waals surface area contributed by atoms with Gasteiger partial charge in [-0.05, 0) is 25.5 Å². The highest BCUT2D eigenvalue weighted by atomic mass is 32.2. The van der Waals surface area contributed by atoms with Crippen molar-refractivity contribution in [3.8, 4) is 11.5 Å². The molecule has 7 heteroatoms. The highest BCUT2D eigenvalue weighted by Gasteiger charge is 2.40. The number of benzene rings is 1. The molecule has 2 heterocycles. The van der Waals surface area contributed by atoms with Crippen LogP contribution in [0, 0.1) is 0 Å². The van der Waals surface area contributed by atoms with E-state index in [1.54, 1.807) is 26.2 Å². The van der Waals surface area contributed by atoms with Gasteiger partial charge >= 0.3 is 0 Å². The number of sulfone groups is 1. The first kappa shape index (κ1) is 15.9. The average molecular weight is 337 g/mol. The smallest absolute Gasteiger partial charge is 0.251 e. The molecule has 1 fully saturated rings. The monoisotopic (exact) mass is 337 g/mol. The molecule has 1 saturated heterocycles. The molecule has 3 rings (SSSR count). The van der Waals surface area contributed by atoms with Gasteiger partial charge < -0.3 is 14.8 Å². The number of amides is 1. The molecular weight excluding hydrogens is 318 g/mol. The molecule has 1 atom stereocenters. The van der Waals surface area contributed by atoms with Crippen molar-refractivity contribution in [1.82, 2.24) is 5.32 Å². The molecule has 0 spiro atoms. The molecule has 1 amide bonds. The molecule has 2 aliphatic heterocycles. The van der Waals surface area contributed by atoms with Crippen LogP contribution in [-0.2, 0) is 14.6 Å². The molecular formula is C16H19NO5S. The SMILES string of the molecule is COc1cccc2c1OCC(C(=O)NC1(C)CCS(=O)(=O)C1)=C2. The number of ether oxygens (including phenoxy) is 2. The normalized spacial score (nSPS) is 25.0. The average Bonchev–Trinajstić information content (AvgIpc) is 2.79.